The van der Waals surface area contributed by atoms with Crippen LogP contribution in [0.3, 0.4) is 0 Å². The van der Waals surface area contributed by atoms with Crippen molar-refractivity contribution in [3.05, 3.63) is 155 Å². The molecular formula is C52H38. The van der Waals surface area contributed by atoms with Crippen molar-refractivity contribution in [2.45, 2.75) is 41.5 Å². The minimum absolute atomic E-state index is 1.28. The van der Waals surface area contributed by atoms with Gasteiger partial charge in [0.25, 0.3) is 0 Å². The molecule has 246 valence electrons. The summed E-state index contributed by atoms with van der Waals surface area (Å²) in [5.74, 6) is 0. The molecule has 0 atom stereocenters. The van der Waals surface area contributed by atoms with Gasteiger partial charge in [0, 0.05) is 0 Å². The molecule has 11 rings (SSSR count). The lowest BCUT2D eigenvalue weighted by molar-refractivity contribution is 1.38. The Morgan fingerprint density at radius 2 is 0.462 bits per heavy atom. The molecule has 0 radical (unpaired) electrons. The van der Waals surface area contributed by atoms with Crippen molar-refractivity contribution in [1.82, 2.24) is 0 Å². The summed E-state index contributed by atoms with van der Waals surface area (Å²) < 4.78 is 0. The van der Waals surface area contributed by atoms with Crippen LogP contribution in [0, 0.1) is 41.5 Å². The summed E-state index contributed by atoms with van der Waals surface area (Å²) in [4.78, 5) is 0. The first kappa shape index (κ1) is 29.7. The average Bonchev–Trinajstić information content (AvgIpc) is 3.59. The van der Waals surface area contributed by atoms with E-state index in [2.05, 4.69) is 163 Å². The average molecular weight is 663 g/mol. The molecule has 0 saturated carbocycles. The van der Waals surface area contributed by atoms with Gasteiger partial charge in [-0.1, -0.05) is 118 Å². The van der Waals surface area contributed by atoms with E-state index in [4.69, 9.17) is 0 Å². The fourth-order valence-electron chi connectivity index (χ4n) is 9.84. The third kappa shape index (κ3) is 4.10. The van der Waals surface area contributed by atoms with Gasteiger partial charge in [0.1, 0.15) is 0 Å². The van der Waals surface area contributed by atoms with E-state index in [1.54, 1.807) is 0 Å². The first-order chi connectivity index (χ1) is 25.2. The van der Waals surface area contributed by atoms with Crippen molar-refractivity contribution in [3.63, 3.8) is 0 Å². The molecule has 0 nitrogen and oxygen atoms in total. The molecule has 0 saturated heterocycles. The van der Waals surface area contributed by atoms with Gasteiger partial charge in [-0.05, 0) is 186 Å². The molecular weight excluding hydrogens is 625 g/mol. The predicted octanol–water partition coefficient (Wildman–Crippen LogP) is 15.0. The topological polar surface area (TPSA) is 0 Å². The number of hydrogen-bond acceptors (Lipinski definition) is 0. The Kier molecular flexibility index (Phi) is 5.89. The lowest BCUT2D eigenvalue weighted by atomic mass is 9.89. The first-order valence-corrected chi connectivity index (χ1v) is 18.6. The van der Waals surface area contributed by atoms with E-state index in [0.717, 1.165) is 0 Å². The van der Waals surface area contributed by atoms with Crippen LogP contribution in [-0.4, -0.2) is 0 Å². The van der Waals surface area contributed by atoms with Crippen LogP contribution in [0.2, 0.25) is 0 Å². The Balaban J connectivity index is 1.34. The summed E-state index contributed by atoms with van der Waals surface area (Å²) >= 11 is 0. The largest absolute Gasteiger partial charge is 0.0587 e. The summed E-state index contributed by atoms with van der Waals surface area (Å²) in [6.45, 7) is 13.3. The number of benzene rings is 9. The molecule has 0 heteroatoms. The monoisotopic (exact) mass is 662 g/mol. The maximum Gasteiger partial charge on any atom is -0.00195 e. The van der Waals surface area contributed by atoms with Crippen molar-refractivity contribution in [1.29, 1.82) is 0 Å². The van der Waals surface area contributed by atoms with E-state index in [0.29, 0.717) is 0 Å². The van der Waals surface area contributed by atoms with Crippen LogP contribution in [0.15, 0.2) is 121 Å². The molecule has 0 amide bonds. The molecule has 0 aliphatic rings. The number of fused-ring (bicyclic) bond motifs is 11. The maximum absolute atomic E-state index is 2.51. The van der Waals surface area contributed by atoms with E-state index in [1.165, 1.54) is 142 Å². The first-order valence-electron chi connectivity index (χ1n) is 18.6. The van der Waals surface area contributed by atoms with Crippen LogP contribution >= 0.6 is 0 Å². The Bertz CT molecular complexity index is 3070. The minimum atomic E-state index is 1.28. The fourth-order valence-corrected chi connectivity index (χ4v) is 9.84. The van der Waals surface area contributed by atoms with Gasteiger partial charge in [-0.15, -0.1) is 0 Å². The van der Waals surface area contributed by atoms with Crippen molar-refractivity contribution in [2.24, 2.45) is 0 Å². The summed E-state index contributed by atoms with van der Waals surface area (Å²) in [5.41, 5.74) is 12.9. The van der Waals surface area contributed by atoms with Crippen molar-refractivity contribution in [3.8, 4) is 22.3 Å². The normalized spacial score (nSPS) is 12.4. The lowest BCUT2D eigenvalue weighted by Crippen LogP contribution is -1.87. The standard InChI is InChI=1S/C52H38/c1-27-7-9-37-41(19-27)47-23-35(33-15-29(3)13-30(4)16-33)21-45-39-11-12-40-44(43(39)25-49(37)51(45)47)26-50-38-10-8-28(2)20-42(38)48-24-36(22-46(40)52(48)50)34-17-31(5)14-32(6)18-34/h7-26H,1-6H3. The summed E-state index contributed by atoms with van der Waals surface area (Å²) in [5, 5.41) is 21.5. The number of aryl methyl sites for hydroxylation is 6. The summed E-state index contributed by atoms with van der Waals surface area (Å²) in [6, 6.07) is 47.6. The zero-order valence-corrected chi connectivity index (χ0v) is 30.5. The van der Waals surface area contributed by atoms with E-state index >= 15 is 0 Å². The molecule has 0 unspecified atom stereocenters. The van der Waals surface area contributed by atoms with Gasteiger partial charge in [-0.2, -0.15) is 0 Å². The second kappa shape index (κ2) is 10.3. The van der Waals surface area contributed by atoms with Gasteiger partial charge >= 0.3 is 0 Å². The smallest absolute Gasteiger partial charge is 0.00195 e. The third-order valence-corrected chi connectivity index (χ3v) is 11.9. The second-order valence-corrected chi connectivity index (χ2v) is 15.8. The Hall–Kier alpha value is -5.98. The number of rotatable bonds is 2. The molecule has 0 spiro atoms. The highest BCUT2D eigenvalue weighted by atomic mass is 14.2. The van der Waals surface area contributed by atoms with Crippen molar-refractivity contribution < 1.29 is 0 Å². The molecule has 0 aliphatic heterocycles. The van der Waals surface area contributed by atoms with Gasteiger partial charge in [0.05, 0.1) is 0 Å². The Morgan fingerprint density at radius 1 is 0.192 bits per heavy atom. The molecule has 0 N–H and O–H groups in total. The van der Waals surface area contributed by atoms with Crippen LogP contribution in [-0.2, 0) is 0 Å². The molecule has 0 bridgehead atoms. The number of hydrogen-bond donors (Lipinski definition) is 0. The van der Waals surface area contributed by atoms with Gasteiger partial charge < -0.3 is 0 Å². The van der Waals surface area contributed by atoms with Crippen molar-refractivity contribution in [2.75, 3.05) is 0 Å². The maximum atomic E-state index is 2.51. The third-order valence-electron chi connectivity index (χ3n) is 11.9. The van der Waals surface area contributed by atoms with Crippen LogP contribution < -0.4 is 0 Å². The van der Waals surface area contributed by atoms with Gasteiger partial charge in [0.15, 0.2) is 0 Å². The quantitative estimate of drug-likeness (QED) is 0.162. The Labute approximate surface area is 303 Å². The van der Waals surface area contributed by atoms with Gasteiger partial charge in [0.2, 0.25) is 0 Å². The van der Waals surface area contributed by atoms with Crippen LogP contribution in [0.5, 0.6) is 0 Å². The second-order valence-electron chi connectivity index (χ2n) is 15.8. The highest BCUT2D eigenvalue weighted by molar-refractivity contribution is 6.40. The zero-order chi connectivity index (χ0) is 35.2. The Morgan fingerprint density at radius 3 is 0.827 bits per heavy atom. The van der Waals surface area contributed by atoms with E-state index < -0.39 is 0 Å². The summed E-state index contributed by atoms with van der Waals surface area (Å²) in [6.07, 6.45) is 0. The van der Waals surface area contributed by atoms with Crippen LogP contribution in [0.25, 0.3) is 108 Å². The molecule has 0 heterocycles. The van der Waals surface area contributed by atoms with E-state index in [9.17, 15) is 0 Å². The molecule has 11 aromatic rings. The highest BCUT2D eigenvalue weighted by Gasteiger charge is 2.21. The van der Waals surface area contributed by atoms with Crippen LogP contribution in [0.4, 0.5) is 0 Å². The highest BCUT2D eigenvalue weighted by Crippen LogP contribution is 2.49. The van der Waals surface area contributed by atoms with E-state index in [1.807, 2.05) is 0 Å². The van der Waals surface area contributed by atoms with Gasteiger partial charge in [-0.3, -0.25) is 0 Å². The molecule has 52 heavy (non-hydrogen) atoms. The summed E-state index contributed by atoms with van der Waals surface area (Å²) in [7, 11) is 0. The molecule has 0 aliphatic carbocycles. The predicted molar refractivity (Wildman–Crippen MR) is 228 cm³/mol. The molecule has 0 aromatic heterocycles. The van der Waals surface area contributed by atoms with Gasteiger partial charge in [-0.25, -0.2) is 0 Å². The molecule has 0 fully saturated rings. The van der Waals surface area contributed by atoms with E-state index in [-0.39, 0.29) is 0 Å². The molecule has 11 aromatic carbocycles. The van der Waals surface area contributed by atoms with Crippen LogP contribution in [0.1, 0.15) is 33.4 Å². The minimum Gasteiger partial charge on any atom is -0.0587 e. The SMILES string of the molecule is Cc1cc(C)cc(-c2cc3c4ccc5c(cc6c7ccc(C)cc7c7cc(-c8cc(C)cc(C)c8)cc5c76)c4cc4c5ccc(C)cc5c(c2)c34)c1. The van der Waals surface area contributed by atoms with Crippen molar-refractivity contribution >= 4 is 86.2 Å². The lowest BCUT2D eigenvalue weighted by Gasteiger charge is -2.14. The zero-order valence-electron chi connectivity index (χ0n) is 30.5. The fraction of sp³-hybridized carbons (Fsp3) is 0.115.